The Balaban J connectivity index is 1.22. The first kappa shape index (κ1) is 27.7. The van der Waals surface area contributed by atoms with Gasteiger partial charge in [0.25, 0.3) is 11.5 Å². The van der Waals surface area contributed by atoms with E-state index in [-0.39, 0.29) is 22.9 Å². The maximum atomic E-state index is 13.5. The molecule has 1 fully saturated rings. The van der Waals surface area contributed by atoms with E-state index in [9.17, 15) is 14.4 Å². The number of aromatic nitrogens is 4. The number of pyridine rings is 2. The van der Waals surface area contributed by atoms with Crippen molar-refractivity contribution in [1.82, 2.24) is 29.9 Å². The number of hydrogen-bond donors (Lipinski definition) is 3. The third-order valence-electron chi connectivity index (χ3n) is 8.34. The molecule has 11 nitrogen and oxygen atoms in total. The van der Waals surface area contributed by atoms with Crippen molar-refractivity contribution in [3.63, 3.8) is 0 Å². The number of benzene rings is 1. The molecule has 1 aromatic carbocycles. The first-order chi connectivity index (χ1) is 20.3. The molecule has 11 heteroatoms. The second-order valence-corrected chi connectivity index (χ2v) is 11.1. The second kappa shape index (κ2) is 11.4. The molecule has 3 aromatic heterocycles. The third-order valence-corrected chi connectivity index (χ3v) is 8.34. The molecule has 0 spiro atoms. The minimum absolute atomic E-state index is 0.0178. The van der Waals surface area contributed by atoms with Gasteiger partial charge in [0.1, 0.15) is 11.5 Å². The zero-order valence-corrected chi connectivity index (χ0v) is 23.7. The first-order valence-electron chi connectivity index (χ1n) is 14.3. The summed E-state index contributed by atoms with van der Waals surface area (Å²) in [5, 5.41) is 12.7. The molecule has 0 atom stereocenters. The Kier molecular flexibility index (Phi) is 7.53. The summed E-state index contributed by atoms with van der Waals surface area (Å²) in [5.74, 6) is 0.214. The van der Waals surface area contributed by atoms with Crippen LogP contribution in [0.2, 0.25) is 0 Å². The number of ketones is 1. The number of anilines is 2. The molecule has 3 N–H and O–H groups in total. The van der Waals surface area contributed by atoms with Crippen molar-refractivity contribution in [3.05, 3.63) is 86.5 Å². The van der Waals surface area contributed by atoms with Gasteiger partial charge in [-0.25, -0.2) is 15.4 Å². The molecule has 4 heterocycles. The number of carbonyl (C=O) groups is 2. The Morgan fingerprint density at radius 3 is 2.55 bits per heavy atom. The molecule has 0 unspecified atom stereocenters. The zero-order valence-electron chi connectivity index (χ0n) is 23.7. The van der Waals surface area contributed by atoms with Gasteiger partial charge in [-0.1, -0.05) is 31.0 Å². The second-order valence-electron chi connectivity index (χ2n) is 11.1. The molecule has 4 aromatic rings. The highest BCUT2D eigenvalue weighted by atomic mass is 16.5. The summed E-state index contributed by atoms with van der Waals surface area (Å²) in [4.78, 5) is 53.9. The molecular formula is C31H33N7O4. The first-order valence-corrected chi connectivity index (χ1v) is 14.3. The zero-order chi connectivity index (χ0) is 29.4. The summed E-state index contributed by atoms with van der Waals surface area (Å²) in [7, 11) is 0. The highest BCUT2D eigenvalue weighted by molar-refractivity contribution is 5.99. The summed E-state index contributed by atoms with van der Waals surface area (Å²) in [6.07, 6.45) is 6.34. The fourth-order valence-corrected chi connectivity index (χ4v) is 6.19. The summed E-state index contributed by atoms with van der Waals surface area (Å²) in [6, 6.07) is 11.2. The number of fused-ring (bicyclic) bond motifs is 2. The normalized spacial score (nSPS) is 15.5. The van der Waals surface area contributed by atoms with Crippen molar-refractivity contribution in [2.45, 2.75) is 65.1 Å². The van der Waals surface area contributed by atoms with E-state index in [4.69, 9.17) is 15.2 Å². The Morgan fingerprint density at radius 2 is 1.83 bits per heavy atom. The number of carbonyl (C=O) groups excluding carboxylic acids is 2. The largest absolute Gasteiger partial charge is 0.309 e. The molecule has 0 bridgehead atoms. The minimum atomic E-state index is -0.529. The van der Waals surface area contributed by atoms with Gasteiger partial charge in [-0.2, -0.15) is 4.98 Å². The van der Waals surface area contributed by atoms with Crippen LogP contribution in [0.3, 0.4) is 0 Å². The van der Waals surface area contributed by atoms with Gasteiger partial charge >= 0.3 is 0 Å². The van der Waals surface area contributed by atoms with Crippen molar-refractivity contribution in [1.29, 1.82) is 0 Å². The lowest BCUT2D eigenvalue weighted by Crippen LogP contribution is -2.31. The predicted octanol–water partition coefficient (Wildman–Crippen LogP) is 4.23. The van der Waals surface area contributed by atoms with Crippen LogP contribution in [0.25, 0.3) is 11.0 Å². The van der Waals surface area contributed by atoms with Gasteiger partial charge in [-0.15, -0.1) is 0 Å². The van der Waals surface area contributed by atoms with E-state index < -0.39 is 5.91 Å². The average molecular weight is 568 g/mol. The van der Waals surface area contributed by atoms with Crippen molar-refractivity contribution >= 4 is 34.5 Å². The number of rotatable bonds is 7. The Hall–Kier alpha value is -4.48. The van der Waals surface area contributed by atoms with Gasteiger partial charge in [0.05, 0.1) is 5.56 Å². The lowest BCUT2D eigenvalue weighted by Gasteiger charge is -2.28. The number of Topliss-reactive ketones (excluding diaryl/α,β-unsaturated/α-hetero) is 1. The third kappa shape index (κ3) is 5.28. The topological polar surface area (TPSA) is 142 Å². The molecule has 0 saturated heterocycles. The standard InChI is InChI=1S/C31H33N7O4/c1-18-24-15-32-31(35-28(24)38(23-5-3-4-6-23)30(41)27(18)19(2)39)34-26-12-11-22-17-37(14-13-25(22)33-26)16-20-7-9-21(10-8-20)29(40)36-42/h7-12,15,23,42H,3-6,13-14,16-17H2,1-2H3,(H,36,40)(H,32,33,34,35). The number of amides is 1. The van der Waals surface area contributed by atoms with Crippen molar-refractivity contribution in [3.8, 4) is 0 Å². The van der Waals surface area contributed by atoms with Crippen LogP contribution in [-0.2, 0) is 19.5 Å². The fourth-order valence-electron chi connectivity index (χ4n) is 6.19. The summed E-state index contributed by atoms with van der Waals surface area (Å²) in [6.45, 7) is 5.54. The predicted molar refractivity (Wildman–Crippen MR) is 157 cm³/mol. The van der Waals surface area contributed by atoms with Gasteiger partial charge in [0, 0.05) is 54.9 Å². The number of hydrogen-bond acceptors (Lipinski definition) is 9. The van der Waals surface area contributed by atoms with Crippen molar-refractivity contribution in [2.75, 3.05) is 11.9 Å². The molecule has 2 aliphatic rings. The molecule has 42 heavy (non-hydrogen) atoms. The molecule has 1 aliphatic heterocycles. The highest BCUT2D eigenvalue weighted by Gasteiger charge is 2.26. The maximum Gasteiger partial charge on any atom is 0.274 e. The fraction of sp³-hybridized carbons (Fsp3) is 0.355. The lowest BCUT2D eigenvalue weighted by molar-refractivity contribution is 0.0706. The molecule has 0 radical (unpaired) electrons. The van der Waals surface area contributed by atoms with Gasteiger partial charge in [-0.05, 0) is 61.6 Å². The van der Waals surface area contributed by atoms with Crippen LogP contribution in [0.5, 0.6) is 0 Å². The van der Waals surface area contributed by atoms with Crippen molar-refractivity contribution in [2.24, 2.45) is 0 Å². The smallest absolute Gasteiger partial charge is 0.274 e. The Labute approximate surface area is 242 Å². The SMILES string of the molecule is CC(=O)c1c(C)c2cnc(Nc3ccc4c(n3)CCN(Cc3ccc(C(=O)NO)cc3)C4)nc2n(C2CCCC2)c1=O. The van der Waals surface area contributed by atoms with E-state index in [1.54, 1.807) is 35.3 Å². The van der Waals surface area contributed by atoms with Crippen molar-refractivity contribution < 1.29 is 14.8 Å². The van der Waals surface area contributed by atoms with E-state index in [1.807, 2.05) is 18.2 Å². The van der Waals surface area contributed by atoms with E-state index in [0.29, 0.717) is 33.9 Å². The lowest BCUT2D eigenvalue weighted by atomic mass is 10.0. The van der Waals surface area contributed by atoms with Gasteiger partial charge in [0.15, 0.2) is 5.78 Å². The van der Waals surface area contributed by atoms with Crippen LogP contribution < -0.4 is 16.4 Å². The van der Waals surface area contributed by atoms with E-state index in [0.717, 1.165) is 68.6 Å². The van der Waals surface area contributed by atoms with Crippen LogP contribution in [0.1, 0.15) is 81.7 Å². The molecule has 1 amide bonds. The Bertz CT molecular complexity index is 1740. The number of nitrogens with zero attached hydrogens (tertiary/aromatic N) is 5. The monoisotopic (exact) mass is 567 g/mol. The van der Waals surface area contributed by atoms with E-state index in [1.165, 1.54) is 6.92 Å². The van der Waals surface area contributed by atoms with E-state index in [2.05, 4.69) is 21.3 Å². The van der Waals surface area contributed by atoms with Crippen LogP contribution in [0.4, 0.5) is 11.8 Å². The van der Waals surface area contributed by atoms with Crippen LogP contribution in [-0.4, -0.2) is 47.9 Å². The quantitative estimate of drug-likeness (QED) is 0.170. The highest BCUT2D eigenvalue weighted by Crippen LogP contribution is 2.32. The van der Waals surface area contributed by atoms with Crippen LogP contribution >= 0.6 is 0 Å². The molecule has 216 valence electrons. The summed E-state index contributed by atoms with van der Waals surface area (Å²) < 4.78 is 1.71. The number of aryl methyl sites for hydroxylation is 1. The number of hydroxylamine groups is 1. The van der Waals surface area contributed by atoms with Crippen LogP contribution in [0.15, 0.2) is 47.4 Å². The van der Waals surface area contributed by atoms with E-state index >= 15 is 0 Å². The summed E-state index contributed by atoms with van der Waals surface area (Å²) in [5.41, 5.74) is 6.40. The van der Waals surface area contributed by atoms with Gasteiger partial charge in [-0.3, -0.25) is 29.1 Å². The van der Waals surface area contributed by atoms with Crippen LogP contribution in [0, 0.1) is 6.92 Å². The number of nitrogens with one attached hydrogen (secondary N) is 2. The average Bonchev–Trinajstić information content (AvgIpc) is 3.51. The summed E-state index contributed by atoms with van der Waals surface area (Å²) >= 11 is 0. The molecule has 1 aliphatic carbocycles. The van der Waals surface area contributed by atoms with Gasteiger partial charge in [0.2, 0.25) is 5.95 Å². The molecule has 6 rings (SSSR count). The van der Waals surface area contributed by atoms with Gasteiger partial charge < -0.3 is 5.32 Å². The minimum Gasteiger partial charge on any atom is -0.309 e. The Morgan fingerprint density at radius 1 is 1.07 bits per heavy atom. The molecule has 1 saturated carbocycles. The maximum absolute atomic E-state index is 13.5. The molecular weight excluding hydrogens is 534 g/mol.